The second-order valence-corrected chi connectivity index (χ2v) is 16.4. The first-order valence-electron chi connectivity index (χ1n) is 17.4. The van der Waals surface area contributed by atoms with Gasteiger partial charge >= 0.3 is 6.18 Å². The fourth-order valence-electron chi connectivity index (χ4n) is 7.09. The minimum atomic E-state index is -4.66. The molecule has 5 heterocycles. The molecule has 3 fully saturated rings. The van der Waals surface area contributed by atoms with Crippen LogP contribution >= 0.6 is 22.9 Å². The lowest BCUT2D eigenvalue weighted by atomic mass is 9.90. The van der Waals surface area contributed by atoms with Gasteiger partial charge in [-0.2, -0.15) is 22.6 Å². The Bertz CT molecular complexity index is 2150. The molecule has 1 atom stereocenters. The number of nitrogens with one attached hydrogen (secondary N) is 2. The van der Waals surface area contributed by atoms with E-state index in [9.17, 15) is 31.2 Å². The van der Waals surface area contributed by atoms with Crippen molar-refractivity contribution in [3.05, 3.63) is 83.6 Å². The van der Waals surface area contributed by atoms with Gasteiger partial charge in [-0.25, -0.2) is 25.7 Å². The van der Waals surface area contributed by atoms with Crippen molar-refractivity contribution in [1.82, 2.24) is 32.5 Å². The minimum Gasteiger partial charge on any atom is -0.367 e. The number of imide groups is 1. The van der Waals surface area contributed by atoms with Gasteiger partial charge in [-0.1, -0.05) is 18.2 Å². The minimum absolute atomic E-state index is 0.0156. The van der Waals surface area contributed by atoms with Gasteiger partial charge in [-0.15, -0.1) is 0 Å². The summed E-state index contributed by atoms with van der Waals surface area (Å²) in [4.78, 5) is 36.1. The van der Waals surface area contributed by atoms with E-state index in [2.05, 4.69) is 30.6 Å². The zero-order chi connectivity index (χ0) is 38.2. The van der Waals surface area contributed by atoms with E-state index in [1.807, 2.05) is 33.8 Å². The van der Waals surface area contributed by atoms with Gasteiger partial charge in [0.2, 0.25) is 27.8 Å². The second kappa shape index (κ2) is 15.5. The molecule has 4 aromatic rings. The molecule has 3 aliphatic heterocycles. The number of hydrogen-bond acceptors (Lipinski definition) is 10. The van der Waals surface area contributed by atoms with Gasteiger partial charge in [0, 0.05) is 76.2 Å². The van der Waals surface area contributed by atoms with Crippen molar-refractivity contribution >= 4 is 56.3 Å². The summed E-state index contributed by atoms with van der Waals surface area (Å²) in [7, 11) is -3.82. The molecule has 0 bridgehead atoms. The quantitative estimate of drug-likeness (QED) is 0.137. The normalized spacial score (nSPS) is 19.6. The van der Waals surface area contributed by atoms with E-state index < -0.39 is 39.4 Å². The molecule has 0 aliphatic carbocycles. The SMILES string of the molecule is O=C1CCC(c2ccc(N3CCN(Cc4cccc(S(=O)(=O)N5CCC(Nc6ncc(C(F)(F)F)c(-c7cnn(I)c7)n6)CC5)c4)CC3)c(F)c2)C(=O)N1. The molecule has 19 heteroatoms. The molecular formula is C35H36F4IN9O4S. The molecule has 3 aliphatic rings. The lowest BCUT2D eigenvalue weighted by molar-refractivity contribution is -0.137. The molecule has 286 valence electrons. The molecule has 0 saturated carbocycles. The smallest absolute Gasteiger partial charge is 0.367 e. The van der Waals surface area contributed by atoms with E-state index in [-0.39, 0.29) is 53.6 Å². The summed E-state index contributed by atoms with van der Waals surface area (Å²) in [5.74, 6) is -1.70. The van der Waals surface area contributed by atoms with E-state index in [0.717, 1.165) is 11.8 Å². The number of carbonyl (C=O) groups excluding carboxylic acids is 2. The lowest BCUT2D eigenvalue weighted by Gasteiger charge is -2.36. The first kappa shape index (κ1) is 38.1. The molecule has 3 saturated heterocycles. The molecule has 2 aromatic carbocycles. The Kier molecular flexibility index (Phi) is 10.9. The van der Waals surface area contributed by atoms with Crippen LogP contribution in [0.4, 0.5) is 29.2 Å². The molecule has 13 nitrogen and oxygen atoms in total. The average Bonchev–Trinajstić information content (AvgIpc) is 3.58. The molecule has 54 heavy (non-hydrogen) atoms. The van der Waals surface area contributed by atoms with Crippen molar-refractivity contribution in [1.29, 1.82) is 0 Å². The topological polar surface area (TPSA) is 146 Å². The first-order chi connectivity index (χ1) is 25.7. The van der Waals surface area contributed by atoms with Gasteiger partial charge < -0.3 is 10.2 Å². The van der Waals surface area contributed by atoms with Gasteiger partial charge in [0.05, 0.1) is 51.3 Å². The van der Waals surface area contributed by atoms with Gasteiger partial charge in [0.25, 0.3) is 0 Å². The van der Waals surface area contributed by atoms with E-state index in [4.69, 9.17) is 0 Å². The maximum absolute atomic E-state index is 15.2. The Morgan fingerprint density at radius 3 is 2.39 bits per heavy atom. The molecule has 0 spiro atoms. The highest BCUT2D eigenvalue weighted by Crippen LogP contribution is 2.36. The number of hydrogen-bond donors (Lipinski definition) is 2. The predicted molar refractivity (Wildman–Crippen MR) is 199 cm³/mol. The van der Waals surface area contributed by atoms with Crippen LogP contribution in [0.25, 0.3) is 11.3 Å². The molecule has 1 unspecified atom stereocenters. The third-order valence-corrected chi connectivity index (χ3v) is 12.4. The van der Waals surface area contributed by atoms with Crippen molar-refractivity contribution in [3.63, 3.8) is 0 Å². The maximum Gasteiger partial charge on any atom is 0.419 e. The van der Waals surface area contributed by atoms with E-state index in [1.54, 1.807) is 30.3 Å². The first-order valence-corrected chi connectivity index (χ1v) is 19.8. The highest BCUT2D eigenvalue weighted by atomic mass is 127. The summed E-state index contributed by atoms with van der Waals surface area (Å²) in [6.07, 6.45) is 0.166. The fourth-order valence-corrected chi connectivity index (χ4v) is 9.05. The summed E-state index contributed by atoms with van der Waals surface area (Å²) in [6, 6.07) is 11.4. The van der Waals surface area contributed by atoms with Crippen LogP contribution in [0.5, 0.6) is 0 Å². The highest BCUT2D eigenvalue weighted by Gasteiger charge is 2.37. The molecule has 2 amide bonds. The van der Waals surface area contributed by atoms with Crippen molar-refractivity contribution in [2.75, 3.05) is 49.5 Å². The number of nitrogens with zero attached hydrogens (tertiary/aromatic N) is 7. The number of amides is 2. The van der Waals surface area contributed by atoms with Crippen LogP contribution in [0, 0.1) is 5.82 Å². The van der Waals surface area contributed by atoms with Crippen LogP contribution in [0.15, 0.2) is 66.0 Å². The van der Waals surface area contributed by atoms with Crippen LogP contribution in [-0.4, -0.2) is 92.7 Å². The summed E-state index contributed by atoms with van der Waals surface area (Å²) >= 11 is 1.83. The van der Waals surface area contributed by atoms with Crippen LogP contribution in [0.2, 0.25) is 0 Å². The number of alkyl halides is 3. The Balaban J connectivity index is 0.930. The van der Waals surface area contributed by atoms with Crippen molar-refractivity contribution in [2.24, 2.45) is 0 Å². The lowest BCUT2D eigenvalue weighted by Crippen LogP contribution is -2.46. The van der Waals surface area contributed by atoms with Gasteiger partial charge in [0.1, 0.15) is 11.4 Å². The zero-order valence-electron chi connectivity index (χ0n) is 28.8. The number of halogens is 5. The molecule has 2 aromatic heterocycles. The third kappa shape index (κ3) is 8.37. The number of anilines is 2. The second-order valence-electron chi connectivity index (χ2n) is 13.5. The molecule has 2 N–H and O–H groups in total. The van der Waals surface area contributed by atoms with E-state index >= 15 is 4.39 Å². The number of benzene rings is 2. The summed E-state index contributed by atoms with van der Waals surface area (Å²) in [5.41, 5.74) is 0.728. The van der Waals surface area contributed by atoms with Crippen molar-refractivity contribution < 1.29 is 35.6 Å². The maximum atomic E-state index is 15.2. The average molecular weight is 882 g/mol. The number of rotatable bonds is 9. The number of aromatic nitrogens is 4. The Hall–Kier alpha value is -4.21. The van der Waals surface area contributed by atoms with Gasteiger partial charge in [0.15, 0.2) is 0 Å². The van der Waals surface area contributed by atoms with E-state index in [0.29, 0.717) is 63.2 Å². The highest BCUT2D eigenvalue weighted by molar-refractivity contribution is 14.1. The Labute approximate surface area is 322 Å². The molecule has 0 radical (unpaired) electrons. The zero-order valence-corrected chi connectivity index (χ0v) is 31.7. The number of piperazine rings is 1. The Morgan fingerprint density at radius 1 is 0.963 bits per heavy atom. The van der Waals surface area contributed by atoms with Crippen LogP contribution in [0.1, 0.15) is 48.3 Å². The molecular weight excluding hydrogens is 845 g/mol. The summed E-state index contributed by atoms with van der Waals surface area (Å²) in [6.45, 7) is 3.26. The van der Waals surface area contributed by atoms with Crippen molar-refractivity contribution in [3.8, 4) is 11.3 Å². The Morgan fingerprint density at radius 2 is 1.72 bits per heavy atom. The van der Waals surface area contributed by atoms with Gasteiger partial charge in [-0.3, -0.25) is 19.8 Å². The standard InChI is InChI=1S/C35H36F4IN9O4S/c36-29-17-23(27-5-7-31(50)44-33(27)51)4-6-30(29)47-14-12-46(13-15-47)20-22-2-1-3-26(16-22)54(52,53)48-10-8-25(9-11-48)43-34-41-19-28(35(37,38)39)32(45-34)24-18-42-49(40)21-24/h1-4,6,16-19,21,25,27H,5,7-15,20H2,(H,41,43,45)(H,44,50,51). The largest absolute Gasteiger partial charge is 0.419 e. The summed E-state index contributed by atoms with van der Waals surface area (Å²) < 4.78 is 86.5. The third-order valence-electron chi connectivity index (χ3n) is 9.98. The van der Waals surface area contributed by atoms with E-state index in [1.165, 1.54) is 25.7 Å². The monoisotopic (exact) mass is 881 g/mol. The van der Waals surface area contributed by atoms with Gasteiger partial charge in [-0.05, 0) is 54.7 Å². The van der Waals surface area contributed by atoms with Crippen LogP contribution in [0.3, 0.4) is 0 Å². The molecule has 7 rings (SSSR count). The number of sulfonamides is 1. The van der Waals surface area contributed by atoms with Crippen LogP contribution < -0.4 is 15.5 Å². The number of piperidine rings is 2. The van der Waals surface area contributed by atoms with Crippen LogP contribution in [-0.2, 0) is 32.3 Å². The summed E-state index contributed by atoms with van der Waals surface area (Å²) in [5, 5.41) is 9.34. The predicted octanol–water partition coefficient (Wildman–Crippen LogP) is 4.80. The number of carbonyl (C=O) groups is 2. The van der Waals surface area contributed by atoms with Crippen molar-refractivity contribution in [2.45, 2.75) is 55.3 Å². The fraction of sp³-hybridized carbons (Fsp3) is 0.400.